The summed E-state index contributed by atoms with van der Waals surface area (Å²) in [5.41, 5.74) is -2.29. The Bertz CT molecular complexity index is 801. The van der Waals surface area contributed by atoms with Crippen molar-refractivity contribution in [3.63, 3.8) is 0 Å². The molecular formula is C33H60O6Ti. The Kier molecular flexibility index (Phi) is 18.3. The van der Waals surface area contributed by atoms with Gasteiger partial charge in [-0.05, 0) is 0 Å². The first-order valence-electron chi connectivity index (χ1n) is 13.5. The van der Waals surface area contributed by atoms with Crippen molar-refractivity contribution in [2.45, 2.75) is 125 Å². The van der Waals surface area contributed by atoms with Crippen molar-refractivity contribution in [2.75, 3.05) is 0 Å². The van der Waals surface area contributed by atoms with Crippen LogP contribution in [0.3, 0.4) is 0 Å². The zero-order valence-electron chi connectivity index (χ0n) is 28.8. The van der Waals surface area contributed by atoms with Gasteiger partial charge in [0, 0.05) is 72.4 Å². The van der Waals surface area contributed by atoms with Gasteiger partial charge in [-0.25, -0.2) is 0 Å². The molecule has 0 aliphatic heterocycles. The van der Waals surface area contributed by atoms with Gasteiger partial charge < -0.3 is 15.3 Å². The van der Waals surface area contributed by atoms with E-state index in [4.69, 9.17) is 0 Å². The summed E-state index contributed by atoms with van der Waals surface area (Å²) >= 11 is 0. The maximum atomic E-state index is 11.5. The van der Waals surface area contributed by atoms with E-state index in [0.717, 1.165) is 0 Å². The van der Waals surface area contributed by atoms with Gasteiger partial charge in [-0.15, -0.1) is 0 Å². The van der Waals surface area contributed by atoms with Crippen LogP contribution in [-0.4, -0.2) is 32.7 Å². The molecule has 7 heteroatoms. The Morgan fingerprint density at radius 2 is 0.475 bits per heavy atom. The van der Waals surface area contributed by atoms with Crippen LogP contribution >= 0.6 is 0 Å². The van der Waals surface area contributed by atoms with Gasteiger partial charge in [-0.1, -0.05) is 125 Å². The van der Waals surface area contributed by atoms with Gasteiger partial charge in [0.25, 0.3) is 0 Å². The monoisotopic (exact) mass is 600 g/mol. The van der Waals surface area contributed by atoms with Gasteiger partial charge in [0.1, 0.15) is 17.3 Å². The first kappa shape index (κ1) is 45.3. The summed E-state index contributed by atoms with van der Waals surface area (Å²) in [4.78, 5) is 34.5. The van der Waals surface area contributed by atoms with Crippen molar-refractivity contribution in [1.29, 1.82) is 0 Å². The van der Waals surface area contributed by atoms with Crippen LogP contribution in [0.4, 0.5) is 0 Å². The standard InChI is InChI=1S/3C11H20O2.Ti/c3*1-10(2,3)8(12)7-9(13)11(4,5)6;/h3*7,12H,1-6H3;/b3*8-7-;. The second kappa shape index (κ2) is 16.1. The number of rotatable bonds is 3. The summed E-state index contributed by atoms with van der Waals surface area (Å²) < 4.78 is 0. The molecule has 0 rings (SSSR count). The Morgan fingerprint density at radius 1 is 0.350 bits per heavy atom. The second-order valence-electron chi connectivity index (χ2n) is 16.2. The minimum absolute atomic E-state index is 0. The molecule has 0 spiro atoms. The molecule has 0 aliphatic rings. The maximum absolute atomic E-state index is 11.5. The normalized spacial score (nSPS) is 14.1. The number of carbonyl (C=O) groups is 3. The first-order chi connectivity index (χ1) is 16.6. The third-order valence-electron chi connectivity index (χ3n) is 5.33. The van der Waals surface area contributed by atoms with E-state index in [2.05, 4.69) is 0 Å². The van der Waals surface area contributed by atoms with E-state index in [9.17, 15) is 29.7 Å². The molecule has 0 aromatic heterocycles. The summed E-state index contributed by atoms with van der Waals surface area (Å²) in [5, 5.41) is 28.7. The Labute approximate surface area is 260 Å². The summed E-state index contributed by atoms with van der Waals surface area (Å²) in [6.07, 6.45) is 4.00. The molecule has 0 saturated heterocycles. The summed E-state index contributed by atoms with van der Waals surface area (Å²) in [6.45, 7) is 33.3. The van der Waals surface area contributed by atoms with E-state index in [1.807, 2.05) is 125 Å². The predicted octanol–water partition coefficient (Wildman–Crippen LogP) is 9.27. The van der Waals surface area contributed by atoms with Gasteiger partial charge in [0.2, 0.25) is 0 Å². The van der Waals surface area contributed by atoms with Crippen molar-refractivity contribution in [3.8, 4) is 0 Å². The number of hydrogen-bond acceptors (Lipinski definition) is 6. The topological polar surface area (TPSA) is 112 Å². The van der Waals surface area contributed by atoms with E-state index < -0.39 is 16.2 Å². The van der Waals surface area contributed by atoms with Gasteiger partial charge in [-0.3, -0.25) is 14.4 Å². The number of carbonyl (C=O) groups excluding carboxylic acids is 3. The SMILES string of the molecule is CC(C)(C)C(=O)/C=C(\O)C(C)(C)C.CC(C)(C)C(=O)/C=C(\O)C(C)(C)C.CC(C)(C)C(=O)/C=C(\O)C(C)(C)C.[Ti]. The molecule has 0 amide bonds. The van der Waals surface area contributed by atoms with Crippen LogP contribution in [0.1, 0.15) is 125 Å². The molecule has 3 N–H and O–H groups in total. The zero-order chi connectivity index (χ0) is 32.6. The van der Waals surface area contributed by atoms with Crippen LogP contribution in [-0.2, 0) is 36.1 Å². The average Bonchev–Trinajstić information content (AvgIpc) is 2.64. The quantitative estimate of drug-likeness (QED) is 0.169. The number of aliphatic hydroxyl groups is 3. The molecule has 40 heavy (non-hydrogen) atoms. The summed E-state index contributed by atoms with van der Waals surface area (Å²) in [5.74, 6) is 0.312. The van der Waals surface area contributed by atoms with Gasteiger partial charge in [0.05, 0.1) is 0 Å². The van der Waals surface area contributed by atoms with Crippen molar-refractivity contribution in [2.24, 2.45) is 32.5 Å². The fourth-order valence-corrected chi connectivity index (χ4v) is 1.67. The van der Waals surface area contributed by atoms with Crippen LogP contribution in [0.25, 0.3) is 0 Å². The molecule has 6 nitrogen and oxygen atoms in total. The molecule has 0 bridgehead atoms. The molecule has 0 aliphatic carbocycles. The average molecular weight is 601 g/mol. The molecule has 0 aromatic carbocycles. The number of aliphatic hydroxyl groups excluding tert-OH is 3. The molecule has 0 atom stereocenters. The molecular weight excluding hydrogens is 540 g/mol. The molecule has 0 heterocycles. The zero-order valence-corrected chi connectivity index (χ0v) is 30.4. The molecule has 0 radical (unpaired) electrons. The second-order valence-corrected chi connectivity index (χ2v) is 16.2. The fraction of sp³-hybridized carbons (Fsp3) is 0.727. The maximum Gasteiger partial charge on any atom is 0.164 e. The Hall–Kier alpha value is -1.66. The third-order valence-corrected chi connectivity index (χ3v) is 5.33. The van der Waals surface area contributed by atoms with E-state index in [-0.39, 0.29) is 72.6 Å². The van der Waals surface area contributed by atoms with Crippen molar-refractivity contribution < 1.29 is 51.4 Å². The van der Waals surface area contributed by atoms with Crippen LogP contribution in [0, 0.1) is 32.5 Å². The first-order valence-corrected chi connectivity index (χ1v) is 13.5. The smallest absolute Gasteiger partial charge is 0.164 e. The molecule has 0 fully saturated rings. The number of hydrogen-bond donors (Lipinski definition) is 3. The minimum Gasteiger partial charge on any atom is -0.512 e. The van der Waals surface area contributed by atoms with Gasteiger partial charge in [-0.2, -0.15) is 0 Å². The Balaban J connectivity index is -0.000000240. The number of allylic oxidation sites excluding steroid dienone is 6. The van der Waals surface area contributed by atoms with Crippen LogP contribution in [0.5, 0.6) is 0 Å². The largest absolute Gasteiger partial charge is 0.512 e. The van der Waals surface area contributed by atoms with Gasteiger partial charge >= 0.3 is 0 Å². The van der Waals surface area contributed by atoms with E-state index >= 15 is 0 Å². The van der Waals surface area contributed by atoms with Crippen LogP contribution < -0.4 is 0 Å². The predicted molar refractivity (Wildman–Crippen MR) is 164 cm³/mol. The number of ketones is 3. The Morgan fingerprint density at radius 3 is 0.550 bits per heavy atom. The van der Waals surface area contributed by atoms with Crippen LogP contribution in [0.2, 0.25) is 0 Å². The van der Waals surface area contributed by atoms with E-state index in [1.54, 1.807) is 0 Å². The molecule has 0 saturated carbocycles. The molecule has 0 aromatic rings. The van der Waals surface area contributed by atoms with Gasteiger partial charge in [0.15, 0.2) is 17.3 Å². The van der Waals surface area contributed by atoms with Crippen molar-refractivity contribution in [3.05, 3.63) is 35.5 Å². The van der Waals surface area contributed by atoms with Crippen molar-refractivity contribution >= 4 is 17.3 Å². The molecule has 0 unspecified atom stereocenters. The summed E-state index contributed by atoms with van der Waals surface area (Å²) in [7, 11) is 0. The van der Waals surface area contributed by atoms with E-state index in [1.165, 1.54) is 18.2 Å². The van der Waals surface area contributed by atoms with Crippen LogP contribution in [0.15, 0.2) is 35.5 Å². The van der Waals surface area contributed by atoms with E-state index in [0.29, 0.717) is 0 Å². The molecule has 232 valence electrons. The van der Waals surface area contributed by atoms with Crippen molar-refractivity contribution in [1.82, 2.24) is 0 Å². The minimum atomic E-state index is -0.417. The summed E-state index contributed by atoms with van der Waals surface area (Å²) in [6, 6.07) is 0. The third kappa shape index (κ3) is 21.1. The fourth-order valence-electron chi connectivity index (χ4n) is 1.67.